The SMILES string of the molecule is COc1ccc(CNc2cc3nc(-c4ccco4)nn3c(N)n2)cn1. The Morgan fingerprint density at radius 2 is 2.20 bits per heavy atom. The summed E-state index contributed by atoms with van der Waals surface area (Å²) >= 11 is 0. The van der Waals surface area contributed by atoms with Crippen molar-refractivity contribution in [1.29, 1.82) is 0 Å². The number of rotatable bonds is 5. The van der Waals surface area contributed by atoms with Gasteiger partial charge >= 0.3 is 0 Å². The number of hydrogen-bond donors (Lipinski definition) is 2. The summed E-state index contributed by atoms with van der Waals surface area (Å²) in [6.07, 6.45) is 3.30. The van der Waals surface area contributed by atoms with Crippen LogP contribution in [0.1, 0.15) is 5.56 Å². The van der Waals surface area contributed by atoms with Crippen molar-refractivity contribution in [1.82, 2.24) is 24.6 Å². The van der Waals surface area contributed by atoms with Crippen molar-refractivity contribution in [2.24, 2.45) is 0 Å². The summed E-state index contributed by atoms with van der Waals surface area (Å²) in [5.74, 6) is 2.43. The molecule has 9 heteroatoms. The maximum absolute atomic E-state index is 5.98. The lowest BCUT2D eigenvalue weighted by atomic mass is 10.3. The standard InChI is InChI=1S/C16H15N7O2/c1-24-14-5-4-10(9-19-14)8-18-12-7-13-21-15(11-3-2-6-25-11)22-23(13)16(17)20-12/h2-7,9,18H,8H2,1H3,(H2,17,20). The molecule has 0 amide bonds. The largest absolute Gasteiger partial charge is 0.481 e. The molecule has 0 radical (unpaired) electrons. The second-order valence-corrected chi connectivity index (χ2v) is 5.24. The molecular weight excluding hydrogens is 322 g/mol. The normalized spacial score (nSPS) is 10.9. The molecule has 3 N–H and O–H groups in total. The van der Waals surface area contributed by atoms with Gasteiger partial charge < -0.3 is 20.2 Å². The van der Waals surface area contributed by atoms with Crippen molar-refractivity contribution < 1.29 is 9.15 Å². The van der Waals surface area contributed by atoms with Crippen molar-refractivity contribution in [3.63, 3.8) is 0 Å². The Morgan fingerprint density at radius 1 is 1.28 bits per heavy atom. The topological polar surface area (TPSA) is 116 Å². The van der Waals surface area contributed by atoms with E-state index in [9.17, 15) is 0 Å². The summed E-state index contributed by atoms with van der Waals surface area (Å²) in [5.41, 5.74) is 7.54. The average molecular weight is 337 g/mol. The third kappa shape index (κ3) is 2.94. The molecule has 0 fully saturated rings. The van der Waals surface area contributed by atoms with Gasteiger partial charge in [0.25, 0.3) is 0 Å². The van der Waals surface area contributed by atoms with Crippen LogP contribution in [-0.4, -0.2) is 31.7 Å². The summed E-state index contributed by atoms with van der Waals surface area (Å²) in [7, 11) is 1.58. The molecule has 0 bridgehead atoms. The number of ether oxygens (including phenoxy) is 1. The highest BCUT2D eigenvalue weighted by atomic mass is 16.5. The Hall–Kier alpha value is -3.62. The van der Waals surface area contributed by atoms with Crippen LogP contribution < -0.4 is 15.8 Å². The third-order valence-corrected chi connectivity index (χ3v) is 3.57. The van der Waals surface area contributed by atoms with Crippen LogP contribution in [0.4, 0.5) is 11.8 Å². The van der Waals surface area contributed by atoms with E-state index in [0.717, 1.165) is 5.56 Å². The molecule has 25 heavy (non-hydrogen) atoms. The van der Waals surface area contributed by atoms with E-state index < -0.39 is 0 Å². The van der Waals surface area contributed by atoms with Crippen LogP contribution in [0, 0.1) is 0 Å². The highest BCUT2D eigenvalue weighted by Gasteiger charge is 2.12. The molecule has 4 rings (SSSR count). The Labute approximate surface area is 142 Å². The minimum absolute atomic E-state index is 0.234. The van der Waals surface area contributed by atoms with Gasteiger partial charge in [-0.05, 0) is 17.7 Å². The fourth-order valence-corrected chi connectivity index (χ4v) is 2.34. The molecule has 0 atom stereocenters. The number of hydrogen-bond acceptors (Lipinski definition) is 8. The van der Waals surface area contributed by atoms with Crippen molar-refractivity contribution in [3.8, 4) is 17.5 Å². The molecule has 126 valence electrons. The molecule has 0 saturated carbocycles. The highest BCUT2D eigenvalue weighted by Crippen LogP contribution is 2.19. The lowest BCUT2D eigenvalue weighted by Gasteiger charge is -2.07. The first kappa shape index (κ1) is 14.9. The maximum Gasteiger partial charge on any atom is 0.225 e. The van der Waals surface area contributed by atoms with Gasteiger partial charge in [0.15, 0.2) is 11.4 Å². The molecule has 0 aliphatic carbocycles. The average Bonchev–Trinajstić information content (AvgIpc) is 3.30. The van der Waals surface area contributed by atoms with Crippen LogP contribution >= 0.6 is 0 Å². The first-order valence-corrected chi connectivity index (χ1v) is 7.53. The van der Waals surface area contributed by atoms with Crippen molar-refractivity contribution in [2.45, 2.75) is 6.54 Å². The molecule has 9 nitrogen and oxygen atoms in total. The number of furan rings is 1. The van der Waals surface area contributed by atoms with Crippen LogP contribution in [0.3, 0.4) is 0 Å². The quantitative estimate of drug-likeness (QED) is 0.568. The Balaban J connectivity index is 1.57. The summed E-state index contributed by atoms with van der Waals surface area (Å²) in [6, 6.07) is 9.06. The Morgan fingerprint density at radius 3 is 2.92 bits per heavy atom. The molecule has 0 unspecified atom stereocenters. The van der Waals surface area contributed by atoms with E-state index in [4.69, 9.17) is 14.9 Å². The number of fused-ring (bicyclic) bond motifs is 1. The van der Waals surface area contributed by atoms with E-state index >= 15 is 0 Å². The van der Waals surface area contributed by atoms with Crippen LogP contribution in [0.25, 0.3) is 17.2 Å². The van der Waals surface area contributed by atoms with Crippen LogP contribution in [0.2, 0.25) is 0 Å². The predicted molar refractivity (Wildman–Crippen MR) is 91.0 cm³/mol. The first-order valence-electron chi connectivity index (χ1n) is 7.53. The fraction of sp³-hybridized carbons (Fsp3) is 0.125. The van der Waals surface area contributed by atoms with Crippen molar-refractivity contribution >= 4 is 17.4 Å². The molecule has 4 aromatic rings. The smallest absolute Gasteiger partial charge is 0.225 e. The van der Waals surface area contributed by atoms with Gasteiger partial charge in [0.2, 0.25) is 17.7 Å². The van der Waals surface area contributed by atoms with E-state index in [-0.39, 0.29) is 5.95 Å². The molecule has 0 aromatic carbocycles. The second kappa shape index (κ2) is 6.11. The molecular formula is C16H15N7O2. The lowest BCUT2D eigenvalue weighted by Crippen LogP contribution is -2.07. The molecule has 0 spiro atoms. The van der Waals surface area contributed by atoms with Gasteiger partial charge in [-0.25, -0.2) is 9.97 Å². The van der Waals surface area contributed by atoms with Gasteiger partial charge in [-0.15, -0.1) is 5.10 Å². The number of nitrogens with two attached hydrogens (primary N) is 1. The number of pyridine rings is 1. The van der Waals surface area contributed by atoms with Gasteiger partial charge in [0, 0.05) is 24.9 Å². The minimum atomic E-state index is 0.234. The molecule has 4 heterocycles. The van der Waals surface area contributed by atoms with Crippen LogP contribution in [0.5, 0.6) is 5.88 Å². The zero-order chi connectivity index (χ0) is 17.2. The fourth-order valence-electron chi connectivity index (χ4n) is 2.34. The second-order valence-electron chi connectivity index (χ2n) is 5.24. The molecule has 0 aliphatic heterocycles. The zero-order valence-electron chi connectivity index (χ0n) is 13.4. The number of aromatic nitrogens is 5. The first-order chi connectivity index (χ1) is 12.2. The van der Waals surface area contributed by atoms with Gasteiger partial charge in [-0.1, -0.05) is 6.07 Å². The number of nitrogens with one attached hydrogen (secondary N) is 1. The molecule has 4 aromatic heterocycles. The highest BCUT2D eigenvalue weighted by molar-refractivity contribution is 5.58. The van der Waals surface area contributed by atoms with E-state index in [0.29, 0.717) is 35.5 Å². The number of methoxy groups -OCH3 is 1. The number of nitrogens with zero attached hydrogens (tertiary/aromatic N) is 5. The van der Waals surface area contributed by atoms with E-state index in [2.05, 4.69) is 25.4 Å². The van der Waals surface area contributed by atoms with Crippen LogP contribution in [-0.2, 0) is 6.54 Å². The number of nitrogen functional groups attached to an aromatic ring is 1. The lowest BCUT2D eigenvalue weighted by molar-refractivity contribution is 0.397. The maximum atomic E-state index is 5.98. The van der Waals surface area contributed by atoms with E-state index in [1.54, 1.807) is 43.8 Å². The summed E-state index contributed by atoms with van der Waals surface area (Å²) < 4.78 is 11.8. The molecule has 0 aliphatic rings. The number of anilines is 2. The van der Waals surface area contributed by atoms with Gasteiger partial charge in [-0.3, -0.25) is 0 Å². The summed E-state index contributed by atoms with van der Waals surface area (Å²) in [6.45, 7) is 0.540. The molecule has 0 saturated heterocycles. The summed E-state index contributed by atoms with van der Waals surface area (Å²) in [5, 5.41) is 7.50. The van der Waals surface area contributed by atoms with Crippen molar-refractivity contribution in [2.75, 3.05) is 18.2 Å². The third-order valence-electron chi connectivity index (χ3n) is 3.57. The summed E-state index contributed by atoms with van der Waals surface area (Å²) in [4.78, 5) is 12.9. The van der Waals surface area contributed by atoms with Crippen molar-refractivity contribution in [3.05, 3.63) is 48.4 Å². The minimum Gasteiger partial charge on any atom is -0.481 e. The van der Waals surface area contributed by atoms with Gasteiger partial charge in [0.05, 0.1) is 13.4 Å². The monoisotopic (exact) mass is 337 g/mol. The van der Waals surface area contributed by atoms with E-state index in [1.807, 2.05) is 6.07 Å². The zero-order valence-corrected chi connectivity index (χ0v) is 13.4. The van der Waals surface area contributed by atoms with E-state index in [1.165, 1.54) is 4.52 Å². The van der Waals surface area contributed by atoms with Crippen LogP contribution in [0.15, 0.2) is 47.2 Å². The van der Waals surface area contributed by atoms with Gasteiger partial charge in [-0.2, -0.15) is 9.50 Å². The predicted octanol–water partition coefficient (Wildman–Crippen LogP) is 1.98. The van der Waals surface area contributed by atoms with Gasteiger partial charge in [0.1, 0.15) is 5.82 Å². The Kier molecular flexibility index (Phi) is 3.65. The Bertz CT molecular complexity index is 993.